The van der Waals surface area contributed by atoms with Crippen LogP contribution in [0.3, 0.4) is 0 Å². The van der Waals surface area contributed by atoms with Crippen LogP contribution >= 0.6 is 7.37 Å². The summed E-state index contributed by atoms with van der Waals surface area (Å²) in [5.74, 6) is 0. The molecule has 0 radical (unpaired) electrons. The molecule has 1 unspecified atom stereocenters. The van der Waals surface area contributed by atoms with E-state index in [9.17, 15) is 17.9 Å². The topological polar surface area (TPSA) is 101 Å². The zero-order valence-electron chi connectivity index (χ0n) is 15.7. The summed E-state index contributed by atoms with van der Waals surface area (Å²) in [7, 11) is -7.60. The number of hydrogen-bond donors (Lipinski definition) is 2. The highest BCUT2D eigenvalue weighted by Crippen LogP contribution is 2.37. The molecule has 0 spiro atoms. The van der Waals surface area contributed by atoms with Crippen molar-refractivity contribution in [2.24, 2.45) is 0 Å². The third-order valence-corrected chi connectivity index (χ3v) is 7.72. The number of nitrogens with zero attached hydrogens (tertiary/aromatic N) is 2. The van der Waals surface area contributed by atoms with E-state index in [1.54, 1.807) is 79.0 Å². The largest absolute Gasteiger partial charge is 0.336 e. The molecule has 0 aliphatic rings. The highest BCUT2D eigenvalue weighted by atomic mass is 32.2. The Morgan fingerprint density at radius 3 is 2.10 bits per heavy atom. The normalized spacial score (nSPS) is 13.5. The van der Waals surface area contributed by atoms with Gasteiger partial charge in [-0.15, -0.1) is 0 Å². The van der Waals surface area contributed by atoms with Crippen molar-refractivity contribution in [1.82, 2.24) is 9.55 Å². The Hall–Kier alpha value is -3.19. The predicted molar refractivity (Wildman–Crippen MR) is 116 cm³/mol. The maximum Gasteiger partial charge on any atom is 0.293 e. The van der Waals surface area contributed by atoms with Crippen LogP contribution in [0.5, 0.6) is 0 Å². The second-order valence-corrected chi connectivity index (χ2v) is 10.2. The summed E-state index contributed by atoms with van der Waals surface area (Å²) in [6.45, 7) is 0. The summed E-state index contributed by atoms with van der Waals surface area (Å²) in [6.07, 6.45) is 3.04. The minimum atomic E-state index is -3.90. The van der Waals surface area contributed by atoms with Crippen molar-refractivity contribution in [3.8, 4) is 5.69 Å². The summed E-state index contributed by atoms with van der Waals surface area (Å²) in [5, 5.41) is 0.282. The number of imidazole rings is 1. The molecular weight excluding hydrogens is 421 g/mol. The Morgan fingerprint density at radius 2 is 1.47 bits per heavy atom. The molecule has 1 heterocycles. The van der Waals surface area contributed by atoms with Crippen LogP contribution in [0.4, 0.5) is 5.69 Å². The van der Waals surface area contributed by atoms with E-state index < -0.39 is 17.4 Å². The van der Waals surface area contributed by atoms with Gasteiger partial charge in [-0.3, -0.25) is 13.9 Å². The Morgan fingerprint density at radius 1 is 0.867 bits per heavy atom. The Bertz CT molecular complexity index is 1310. The van der Waals surface area contributed by atoms with Crippen molar-refractivity contribution in [3.05, 3.63) is 97.3 Å². The molecular formula is C21H18N3O4PS. The zero-order chi connectivity index (χ0) is 21.2. The van der Waals surface area contributed by atoms with Gasteiger partial charge in [0.15, 0.2) is 0 Å². The molecule has 2 N–H and O–H groups in total. The molecule has 0 saturated heterocycles. The van der Waals surface area contributed by atoms with E-state index in [0.717, 1.165) is 0 Å². The van der Waals surface area contributed by atoms with Gasteiger partial charge >= 0.3 is 0 Å². The second-order valence-electron chi connectivity index (χ2n) is 6.47. The van der Waals surface area contributed by atoms with Crippen LogP contribution in [0.25, 0.3) is 5.69 Å². The monoisotopic (exact) mass is 439 g/mol. The standard InChI is InChI=1S/C21H18N3O4PS/c25-29(26,19-7-3-1-4-8-19)21-22-15-16-24(21)18-13-11-17(12-14-18)23-30(27,28)20-9-5-2-6-10-20/h1-16,23H,(H,25,26). The number of rotatable bonds is 6. The molecule has 0 aliphatic heterocycles. The van der Waals surface area contributed by atoms with Crippen LogP contribution in [0.2, 0.25) is 0 Å². The lowest BCUT2D eigenvalue weighted by Gasteiger charge is -2.14. The lowest BCUT2D eigenvalue weighted by atomic mass is 10.3. The average Bonchev–Trinajstić information content (AvgIpc) is 3.26. The van der Waals surface area contributed by atoms with Crippen molar-refractivity contribution in [2.45, 2.75) is 4.90 Å². The van der Waals surface area contributed by atoms with Crippen LogP contribution in [0.1, 0.15) is 0 Å². The lowest BCUT2D eigenvalue weighted by Crippen LogP contribution is -2.24. The average molecular weight is 439 g/mol. The minimum absolute atomic E-state index is 0.0197. The maximum atomic E-state index is 13.1. The van der Waals surface area contributed by atoms with E-state index >= 15 is 0 Å². The highest BCUT2D eigenvalue weighted by Gasteiger charge is 2.29. The first-order chi connectivity index (χ1) is 14.4. The minimum Gasteiger partial charge on any atom is -0.336 e. The smallest absolute Gasteiger partial charge is 0.293 e. The summed E-state index contributed by atoms with van der Waals surface area (Å²) in [6, 6.07) is 22.9. The van der Waals surface area contributed by atoms with Gasteiger partial charge in [0.2, 0.25) is 5.57 Å². The summed E-state index contributed by atoms with van der Waals surface area (Å²) in [4.78, 5) is 15.0. The van der Waals surface area contributed by atoms with E-state index in [0.29, 0.717) is 11.4 Å². The van der Waals surface area contributed by atoms with E-state index in [1.807, 2.05) is 0 Å². The maximum absolute atomic E-state index is 13.1. The fraction of sp³-hybridized carbons (Fsp3) is 0. The first-order valence-electron chi connectivity index (χ1n) is 8.98. The quantitative estimate of drug-likeness (QED) is 0.450. The Balaban J connectivity index is 1.62. The molecule has 1 aromatic heterocycles. The van der Waals surface area contributed by atoms with Crippen molar-refractivity contribution in [1.29, 1.82) is 0 Å². The zero-order valence-corrected chi connectivity index (χ0v) is 17.4. The number of sulfonamides is 1. The highest BCUT2D eigenvalue weighted by molar-refractivity contribution is 7.92. The van der Waals surface area contributed by atoms with Crippen LogP contribution in [0, 0.1) is 0 Å². The molecule has 1 atom stereocenters. The van der Waals surface area contributed by atoms with Gasteiger partial charge < -0.3 is 4.89 Å². The fourth-order valence-electron chi connectivity index (χ4n) is 2.97. The van der Waals surface area contributed by atoms with Crippen molar-refractivity contribution in [2.75, 3.05) is 4.72 Å². The van der Waals surface area contributed by atoms with Gasteiger partial charge in [0.05, 0.1) is 4.90 Å². The molecule has 4 aromatic rings. The van der Waals surface area contributed by atoms with Crippen molar-refractivity contribution >= 4 is 33.9 Å². The first-order valence-corrected chi connectivity index (χ1v) is 12.1. The van der Waals surface area contributed by atoms with Crippen LogP contribution < -0.4 is 15.6 Å². The molecule has 0 saturated carbocycles. The molecule has 30 heavy (non-hydrogen) atoms. The van der Waals surface area contributed by atoms with Gasteiger partial charge in [-0.25, -0.2) is 13.4 Å². The van der Waals surface area contributed by atoms with Gasteiger partial charge in [-0.05, 0) is 48.5 Å². The Kier molecular flexibility index (Phi) is 5.30. The third kappa shape index (κ3) is 3.93. The van der Waals surface area contributed by atoms with Crippen LogP contribution in [0.15, 0.2) is 102 Å². The SMILES string of the molecule is O=P(O)(c1ccccc1)c1nccn1-c1ccc(NS(=O)(=O)c2ccccc2)cc1. The van der Waals surface area contributed by atoms with E-state index in [1.165, 1.54) is 22.9 Å². The number of anilines is 1. The van der Waals surface area contributed by atoms with Crippen molar-refractivity contribution in [3.63, 3.8) is 0 Å². The molecule has 4 rings (SSSR count). The molecule has 0 amide bonds. The van der Waals surface area contributed by atoms with Gasteiger partial charge in [0.25, 0.3) is 17.4 Å². The molecule has 0 fully saturated rings. The number of hydrogen-bond acceptors (Lipinski definition) is 4. The molecule has 7 nitrogen and oxygen atoms in total. The van der Waals surface area contributed by atoms with E-state index in [4.69, 9.17) is 0 Å². The second kappa shape index (κ2) is 7.91. The first kappa shape index (κ1) is 20.1. The van der Waals surface area contributed by atoms with Gasteiger partial charge in [0, 0.05) is 29.1 Å². The van der Waals surface area contributed by atoms with Crippen LogP contribution in [-0.4, -0.2) is 22.9 Å². The molecule has 9 heteroatoms. The third-order valence-electron chi connectivity index (χ3n) is 4.45. The molecule has 0 bridgehead atoms. The number of aromatic nitrogens is 2. The summed E-state index contributed by atoms with van der Waals surface area (Å²) in [5.41, 5.74) is 0.973. The molecule has 0 aliphatic carbocycles. The lowest BCUT2D eigenvalue weighted by molar-refractivity contribution is 0.498. The predicted octanol–water partition coefficient (Wildman–Crippen LogP) is 2.89. The van der Waals surface area contributed by atoms with Gasteiger partial charge in [0.1, 0.15) is 0 Å². The fourth-order valence-corrected chi connectivity index (χ4v) is 5.55. The van der Waals surface area contributed by atoms with E-state index in [-0.39, 0.29) is 15.8 Å². The number of nitrogens with one attached hydrogen (secondary N) is 1. The van der Waals surface area contributed by atoms with Crippen LogP contribution in [-0.2, 0) is 14.6 Å². The van der Waals surface area contributed by atoms with E-state index in [2.05, 4.69) is 9.71 Å². The molecule has 152 valence electrons. The van der Waals surface area contributed by atoms with Gasteiger partial charge in [-0.2, -0.15) is 0 Å². The number of benzene rings is 3. The van der Waals surface area contributed by atoms with Crippen molar-refractivity contribution < 1.29 is 17.9 Å². The molecule has 3 aromatic carbocycles. The van der Waals surface area contributed by atoms with Gasteiger partial charge in [-0.1, -0.05) is 36.4 Å². The Labute approximate surface area is 174 Å². The summed E-state index contributed by atoms with van der Waals surface area (Å²) >= 11 is 0. The summed E-state index contributed by atoms with van der Waals surface area (Å²) < 4.78 is 42.0.